The van der Waals surface area contributed by atoms with Gasteiger partial charge < -0.3 is 20.3 Å². The number of aromatic amines is 3. The summed E-state index contributed by atoms with van der Waals surface area (Å²) in [5, 5.41) is 1.29. The van der Waals surface area contributed by atoms with Crippen LogP contribution in [-0.4, -0.2) is 15.0 Å². The van der Waals surface area contributed by atoms with Crippen molar-refractivity contribution < 1.29 is 65.9 Å². The van der Waals surface area contributed by atoms with Gasteiger partial charge in [0, 0.05) is 56.6 Å². The van der Waals surface area contributed by atoms with E-state index in [1.165, 1.54) is 12.1 Å². The molecule has 0 unspecified atom stereocenters. The molecule has 0 radical (unpaired) electrons. The Morgan fingerprint density at radius 3 is 1.07 bits per heavy atom. The molecule has 3 aromatic carbocycles. The number of allylic oxidation sites excluding steroid dienone is 2. The van der Waals surface area contributed by atoms with Gasteiger partial charge in [0.15, 0.2) is 69.8 Å². The van der Waals surface area contributed by atoms with Crippen molar-refractivity contribution in [2.24, 2.45) is 0 Å². The molecule has 4 N–H and O–H groups in total. The molecule has 0 atom stereocenters. The van der Waals surface area contributed by atoms with Crippen molar-refractivity contribution in [3.8, 4) is 11.4 Å². The summed E-state index contributed by atoms with van der Waals surface area (Å²) in [7, 11) is 0. The van der Waals surface area contributed by atoms with Gasteiger partial charge in [-0.05, 0) is 36.4 Å². The Kier molecular flexibility index (Phi) is 8.31. The number of nitrogens with one attached hydrogen (secondary N) is 4. The quantitative estimate of drug-likeness (QED) is 0.0811. The molecule has 0 fully saturated rings. The molecule has 0 aliphatic carbocycles. The Bertz CT molecular complexity index is 2840. The first-order valence-electron chi connectivity index (χ1n) is 15.6. The highest BCUT2D eigenvalue weighted by atomic mass is 19.2. The second kappa shape index (κ2) is 12.8. The molecule has 4 nitrogen and oxygen atoms in total. The summed E-state index contributed by atoms with van der Waals surface area (Å²) in [6.45, 7) is 0. The standard InChI is InChI=1S/C37H13F15N4/c38-23-20(24(39)30(45)35(50)29(23)44)17-11-3-1-9(53-11)10-2-4-12(54-10)18(21-25(40)31(46)36(51)32(47)26(21)41)14-6-8-16(56-14)19(15-7-5-13(17)55-15)22-27(42)33(48)37(52)34(49)28(22)43/h1-5,7-8,53-56H,6H2. The van der Waals surface area contributed by atoms with Gasteiger partial charge in [0.25, 0.3) is 0 Å². The molecule has 56 heavy (non-hydrogen) atoms. The number of fused-ring (bicyclic) bond motifs is 9. The fraction of sp³-hybridized carbons (Fsp3) is 0.0270. The third kappa shape index (κ3) is 5.12. The number of H-pyrrole nitrogens is 3. The van der Waals surface area contributed by atoms with E-state index in [-0.39, 0.29) is 11.4 Å². The Balaban J connectivity index is 1.54. The first-order chi connectivity index (χ1) is 26.5. The van der Waals surface area contributed by atoms with E-state index >= 15 is 26.3 Å². The van der Waals surface area contributed by atoms with Crippen molar-refractivity contribution >= 4 is 16.7 Å². The van der Waals surface area contributed by atoms with E-state index in [0.717, 1.165) is 30.3 Å². The third-order valence-corrected chi connectivity index (χ3v) is 9.17. The van der Waals surface area contributed by atoms with Gasteiger partial charge in [-0.1, -0.05) is 6.08 Å². The fourth-order valence-corrected chi connectivity index (χ4v) is 6.63. The highest BCUT2D eigenvalue weighted by Crippen LogP contribution is 2.40. The number of hydrogen-bond donors (Lipinski definition) is 4. The van der Waals surface area contributed by atoms with Crippen LogP contribution in [0.2, 0.25) is 0 Å². The van der Waals surface area contributed by atoms with Crippen LogP contribution in [0.3, 0.4) is 0 Å². The lowest BCUT2D eigenvalue weighted by atomic mass is 9.97. The zero-order valence-electron chi connectivity index (χ0n) is 26.9. The maximum Gasteiger partial charge on any atom is 0.200 e. The van der Waals surface area contributed by atoms with E-state index in [4.69, 9.17) is 0 Å². The zero-order chi connectivity index (χ0) is 40.2. The van der Waals surface area contributed by atoms with Gasteiger partial charge in [0.1, 0.15) is 0 Å². The molecule has 8 rings (SSSR count). The van der Waals surface area contributed by atoms with Crippen molar-refractivity contribution in [3.63, 3.8) is 0 Å². The second-order valence-corrected chi connectivity index (χ2v) is 12.2. The van der Waals surface area contributed by atoms with E-state index in [1.807, 2.05) is 0 Å². The summed E-state index contributed by atoms with van der Waals surface area (Å²) in [6, 6.07) is 6.32. The van der Waals surface area contributed by atoms with E-state index in [9.17, 15) is 39.5 Å². The van der Waals surface area contributed by atoms with Crippen LogP contribution in [-0.2, 0) is 0 Å². The van der Waals surface area contributed by atoms with Crippen molar-refractivity contribution in [3.05, 3.63) is 180 Å². The fourth-order valence-electron chi connectivity index (χ4n) is 6.63. The summed E-state index contributed by atoms with van der Waals surface area (Å²) in [5.74, 6) is -36.2. The van der Waals surface area contributed by atoms with Crippen LogP contribution < -0.4 is 16.0 Å². The van der Waals surface area contributed by atoms with Crippen LogP contribution in [0.15, 0.2) is 53.9 Å². The van der Waals surface area contributed by atoms with E-state index < -0.39 is 161 Å². The maximum atomic E-state index is 15.6. The van der Waals surface area contributed by atoms with Crippen LogP contribution >= 0.6 is 0 Å². The van der Waals surface area contributed by atoms with E-state index in [0.29, 0.717) is 0 Å². The third-order valence-electron chi connectivity index (χ3n) is 9.17. The van der Waals surface area contributed by atoms with Crippen molar-refractivity contribution in [1.29, 1.82) is 0 Å². The number of aromatic nitrogens is 3. The number of rotatable bonds is 3. The molecule has 0 amide bonds. The lowest BCUT2D eigenvalue weighted by Gasteiger charge is -2.17. The average molecular weight is 799 g/mol. The predicted molar refractivity (Wildman–Crippen MR) is 165 cm³/mol. The van der Waals surface area contributed by atoms with E-state index in [1.54, 1.807) is 0 Å². The van der Waals surface area contributed by atoms with Gasteiger partial charge in [0.2, 0.25) is 17.5 Å². The first kappa shape index (κ1) is 36.4. The SMILES string of the molecule is Fc1c(F)c(F)c(C2=C3CC=C(N3)C(c3c(F)c(F)c(F)c(F)c3F)=c3ccc([nH]3)=C(c3c(F)c(F)c(F)c(F)c3F)c3ccc([nH]3)-c3ccc2[nH]3)c(F)c1F. The molecule has 0 spiro atoms. The number of benzene rings is 3. The first-order valence-corrected chi connectivity index (χ1v) is 15.6. The Labute approximate surface area is 300 Å². The Hall–Kier alpha value is -6.53. The molecule has 3 aromatic heterocycles. The molecule has 0 saturated carbocycles. The summed E-state index contributed by atoms with van der Waals surface area (Å²) < 4.78 is 223. The predicted octanol–water partition coefficient (Wildman–Crippen LogP) is 8.52. The summed E-state index contributed by atoms with van der Waals surface area (Å²) in [5.41, 5.74) is -9.22. The minimum Gasteiger partial charge on any atom is -0.358 e. The van der Waals surface area contributed by atoms with Gasteiger partial charge in [-0.3, -0.25) is 0 Å². The largest absolute Gasteiger partial charge is 0.358 e. The van der Waals surface area contributed by atoms with Gasteiger partial charge in [-0.15, -0.1) is 0 Å². The van der Waals surface area contributed by atoms with Crippen LogP contribution in [0.1, 0.15) is 34.5 Å². The molecule has 8 bridgehead atoms. The highest BCUT2D eigenvalue weighted by molar-refractivity contribution is 5.87. The minimum absolute atomic E-state index is 0.0492. The normalized spacial score (nSPS) is 14.0. The van der Waals surface area contributed by atoms with Crippen molar-refractivity contribution in [1.82, 2.24) is 20.3 Å². The van der Waals surface area contributed by atoms with Gasteiger partial charge in [-0.2, -0.15) is 0 Å². The van der Waals surface area contributed by atoms with Crippen LogP contribution in [0, 0.1) is 87.3 Å². The summed E-state index contributed by atoms with van der Waals surface area (Å²) in [6.07, 6.45) is 0.384. The lowest BCUT2D eigenvalue weighted by molar-refractivity contribution is 0.376. The van der Waals surface area contributed by atoms with Gasteiger partial charge in [-0.25, -0.2) is 65.9 Å². The molecular formula is C37H13F15N4. The van der Waals surface area contributed by atoms with Gasteiger partial charge >= 0.3 is 0 Å². The lowest BCUT2D eigenvalue weighted by Crippen LogP contribution is -2.23. The van der Waals surface area contributed by atoms with Crippen LogP contribution in [0.25, 0.3) is 28.1 Å². The minimum atomic E-state index is -2.58. The molecular weight excluding hydrogens is 785 g/mol. The van der Waals surface area contributed by atoms with Crippen molar-refractivity contribution in [2.45, 2.75) is 6.42 Å². The molecule has 286 valence electrons. The molecule has 6 aromatic rings. The van der Waals surface area contributed by atoms with Crippen molar-refractivity contribution in [2.75, 3.05) is 0 Å². The maximum absolute atomic E-state index is 15.6. The molecule has 2 aliphatic heterocycles. The Morgan fingerprint density at radius 1 is 0.321 bits per heavy atom. The molecule has 0 saturated heterocycles. The zero-order valence-corrected chi connectivity index (χ0v) is 26.9. The number of halogens is 15. The smallest absolute Gasteiger partial charge is 0.200 e. The summed E-state index contributed by atoms with van der Waals surface area (Å²) >= 11 is 0. The molecule has 19 heteroatoms. The highest BCUT2D eigenvalue weighted by Gasteiger charge is 2.35. The Morgan fingerprint density at radius 2 is 0.643 bits per heavy atom. The summed E-state index contributed by atoms with van der Waals surface area (Å²) in [4.78, 5) is 7.80. The van der Waals surface area contributed by atoms with E-state index in [2.05, 4.69) is 20.3 Å². The monoisotopic (exact) mass is 798 g/mol. The number of hydrogen-bond acceptors (Lipinski definition) is 1. The topological polar surface area (TPSA) is 59.4 Å². The van der Waals surface area contributed by atoms with Crippen LogP contribution in [0.4, 0.5) is 65.9 Å². The van der Waals surface area contributed by atoms with Crippen LogP contribution in [0.5, 0.6) is 0 Å². The second-order valence-electron chi connectivity index (χ2n) is 12.2. The molecule has 5 heterocycles. The van der Waals surface area contributed by atoms with Gasteiger partial charge in [0.05, 0.1) is 28.1 Å². The molecule has 2 aliphatic rings. The average Bonchev–Trinajstić information content (AvgIpc) is 4.03.